The van der Waals surface area contributed by atoms with Gasteiger partial charge in [0.1, 0.15) is 5.82 Å². The summed E-state index contributed by atoms with van der Waals surface area (Å²) in [5, 5.41) is 2.36. The second-order valence-electron chi connectivity index (χ2n) is 5.44. The predicted molar refractivity (Wildman–Crippen MR) is 75.2 cm³/mol. The number of anilines is 2. The van der Waals surface area contributed by atoms with Gasteiger partial charge in [0.05, 0.1) is 31.0 Å². The summed E-state index contributed by atoms with van der Waals surface area (Å²) in [6, 6.07) is 3.84. The summed E-state index contributed by atoms with van der Waals surface area (Å²) in [6.07, 6.45) is -1.73. The Balaban J connectivity index is 1.76. The molecule has 2 fully saturated rings. The van der Waals surface area contributed by atoms with Crippen molar-refractivity contribution in [1.29, 1.82) is 0 Å². The van der Waals surface area contributed by atoms with Crippen molar-refractivity contribution in [3.05, 3.63) is 24.0 Å². The molecule has 3 rings (SSSR count). The lowest BCUT2D eigenvalue weighted by molar-refractivity contribution is -0.127. The predicted octanol–water partition coefficient (Wildman–Crippen LogP) is 1.35. The zero-order valence-corrected chi connectivity index (χ0v) is 12.2. The standard InChI is InChI=1S/C14H14F3N3O3/c1-18-12(21)11-5-20(13(22)23-11)8-2-3-10(9(15)4-8)19-6-14(16,17)7-19/h2-4,11H,5-7H2,1H3,(H,18,21)/t11-/m1/s1. The molecule has 0 aliphatic carbocycles. The number of rotatable bonds is 3. The fraction of sp³-hybridized carbons (Fsp3) is 0.429. The van der Waals surface area contributed by atoms with E-state index in [1.54, 1.807) is 0 Å². The van der Waals surface area contributed by atoms with Crippen LogP contribution < -0.4 is 15.1 Å². The molecule has 23 heavy (non-hydrogen) atoms. The Hall–Kier alpha value is -2.45. The summed E-state index contributed by atoms with van der Waals surface area (Å²) < 4.78 is 44.8. The van der Waals surface area contributed by atoms with E-state index in [2.05, 4.69) is 5.32 Å². The summed E-state index contributed by atoms with van der Waals surface area (Å²) >= 11 is 0. The zero-order valence-electron chi connectivity index (χ0n) is 12.2. The van der Waals surface area contributed by atoms with Crippen molar-refractivity contribution in [1.82, 2.24) is 5.32 Å². The van der Waals surface area contributed by atoms with Crippen molar-refractivity contribution in [2.24, 2.45) is 0 Å². The van der Waals surface area contributed by atoms with Crippen LogP contribution in [0.5, 0.6) is 0 Å². The molecule has 2 amide bonds. The van der Waals surface area contributed by atoms with Gasteiger partial charge in [-0.3, -0.25) is 9.69 Å². The van der Waals surface area contributed by atoms with E-state index in [-0.39, 0.29) is 17.9 Å². The first-order valence-electron chi connectivity index (χ1n) is 6.93. The molecule has 0 saturated carbocycles. The Morgan fingerprint density at radius 3 is 2.65 bits per heavy atom. The van der Waals surface area contributed by atoms with Gasteiger partial charge in [-0.25, -0.2) is 18.0 Å². The van der Waals surface area contributed by atoms with Gasteiger partial charge in [-0.1, -0.05) is 0 Å². The van der Waals surface area contributed by atoms with Crippen LogP contribution in [0.1, 0.15) is 0 Å². The number of halogens is 3. The van der Waals surface area contributed by atoms with Crippen LogP contribution in [0.4, 0.5) is 29.3 Å². The molecule has 1 N–H and O–H groups in total. The maximum atomic E-state index is 14.1. The lowest BCUT2D eigenvalue weighted by atomic mass is 10.1. The fourth-order valence-electron chi connectivity index (χ4n) is 2.57. The van der Waals surface area contributed by atoms with Crippen LogP contribution in [-0.2, 0) is 9.53 Å². The number of hydrogen-bond donors (Lipinski definition) is 1. The molecule has 0 spiro atoms. The van der Waals surface area contributed by atoms with E-state index in [0.29, 0.717) is 0 Å². The number of carbonyl (C=O) groups is 2. The van der Waals surface area contributed by atoms with Crippen molar-refractivity contribution < 1.29 is 27.5 Å². The van der Waals surface area contributed by atoms with Gasteiger partial charge in [-0.05, 0) is 18.2 Å². The van der Waals surface area contributed by atoms with E-state index < -0.39 is 42.9 Å². The van der Waals surface area contributed by atoms with E-state index in [4.69, 9.17) is 4.74 Å². The maximum Gasteiger partial charge on any atom is 0.415 e. The average Bonchev–Trinajstić information content (AvgIpc) is 2.86. The SMILES string of the molecule is CNC(=O)[C@H]1CN(c2ccc(N3CC(F)(F)C3)c(F)c2)C(=O)O1. The van der Waals surface area contributed by atoms with E-state index in [1.165, 1.54) is 24.1 Å². The molecule has 1 aromatic carbocycles. The molecule has 2 aliphatic heterocycles. The van der Waals surface area contributed by atoms with Crippen LogP contribution in [0, 0.1) is 5.82 Å². The topological polar surface area (TPSA) is 61.9 Å². The van der Waals surface area contributed by atoms with Crippen molar-refractivity contribution in [2.45, 2.75) is 12.0 Å². The van der Waals surface area contributed by atoms with E-state index in [1.807, 2.05) is 0 Å². The minimum Gasteiger partial charge on any atom is -0.434 e. The van der Waals surface area contributed by atoms with Crippen LogP contribution in [0.15, 0.2) is 18.2 Å². The molecule has 2 heterocycles. The van der Waals surface area contributed by atoms with Gasteiger partial charge < -0.3 is 15.0 Å². The molecule has 0 aromatic heterocycles. The highest BCUT2D eigenvalue weighted by Crippen LogP contribution is 2.35. The molecule has 1 atom stereocenters. The molecule has 1 aromatic rings. The van der Waals surface area contributed by atoms with Crippen LogP contribution >= 0.6 is 0 Å². The zero-order chi connectivity index (χ0) is 16.8. The van der Waals surface area contributed by atoms with Crippen LogP contribution in [0.3, 0.4) is 0 Å². The van der Waals surface area contributed by atoms with E-state index in [0.717, 1.165) is 11.0 Å². The lowest BCUT2D eigenvalue weighted by Gasteiger charge is -2.40. The Kier molecular flexibility index (Phi) is 3.57. The smallest absolute Gasteiger partial charge is 0.415 e. The van der Waals surface area contributed by atoms with Gasteiger partial charge in [-0.15, -0.1) is 0 Å². The minimum absolute atomic E-state index is 0.0426. The number of nitrogens with zero attached hydrogens (tertiary/aromatic N) is 2. The molecular formula is C14H14F3N3O3. The van der Waals surface area contributed by atoms with Crippen molar-refractivity contribution >= 4 is 23.4 Å². The third-order valence-corrected chi connectivity index (χ3v) is 3.78. The van der Waals surface area contributed by atoms with Crippen LogP contribution in [0.25, 0.3) is 0 Å². The molecule has 2 saturated heterocycles. The Morgan fingerprint density at radius 2 is 2.09 bits per heavy atom. The molecular weight excluding hydrogens is 315 g/mol. The van der Waals surface area contributed by atoms with E-state index in [9.17, 15) is 22.8 Å². The third kappa shape index (κ3) is 2.78. The molecule has 9 heteroatoms. The summed E-state index contributed by atoms with van der Waals surface area (Å²) in [5.74, 6) is -3.97. The van der Waals surface area contributed by atoms with Gasteiger partial charge in [0.15, 0.2) is 6.10 Å². The first kappa shape index (κ1) is 15.4. The highest BCUT2D eigenvalue weighted by molar-refractivity contribution is 5.95. The maximum absolute atomic E-state index is 14.1. The Labute approximate surface area is 129 Å². The largest absolute Gasteiger partial charge is 0.434 e. The highest BCUT2D eigenvalue weighted by Gasteiger charge is 2.45. The number of amides is 2. The summed E-state index contributed by atoms with van der Waals surface area (Å²) in [5.41, 5.74) is 0.255. The molecule has 0 radical (unpaired) electrons. The number of cyclic esters (lactones) is 1. The van der Waals surface area contributed by atoms with Gasteiger partial charge >= 0.3 is 6.09 Å². The number of nitrogens with one attached hydrogen (secondary N) is 1. The number of likely N-dealkylation sites (N-methyl/N-ethyl adjacent to an activating group) is 1. The molecule has 6 nitrogen and oxygen atoms in total. The van der Waals surface area contributed by atoms with Gasteiger partial charge in [0.25, 0.3) is 11.8 Å². The van der Waals surface area contributed by atoms with Crippen LogP contribution in [0.2, 0.25) is 0 Å². The van der Waals surface area contributed by atoms with Gasteiger partial charge in [-0.2, -0.15) is 0 Å². The quantitative estimate of drug-likeness (QED) is 0.909. The number of hydrogen-bond acceptors (Lipinski definition) is 4. The fourth-order valence-corrected chi connectivity index (χ4v) is 2.57. The second-order valence-corrected chi connectivity index (χ2v) is 5.44. The molecule has 0 bridgehead atoms. The van der Waals surface area contributed by atoms with Gasteiger partial charge in [0, 0.05) is 7.05 Å². The second kappa shape index (κ2) is 5.32. The third-order valence-electron chi connectivity index (χ3n) is 3.78. The monoisotopic (exact) mass is 329 g/mol. The van der Waals surface area contributed by atoms with Crippen molar-refractivity contribution in [2.75, 3.05) is 36.5 Å². The van der Waals surface area contributed by atoms with Gasteiger partial charge in [0.2, 0.25) is 0 Å². The summed E-state index contributed by atoms with van der Waals surface area (Å²) in [7, 11) is 1.41. The average molecular weight is 329 g/mol. The van der Waals surface area contributed by atoms with Crippen LogP contribution in [-0.4, -0.2) is 50.7 Å². The lowest BCUT2D eigenvalue weighted by Crippen LogP contribution is -2.56. The minimum atomic E-state index is -2.80. The normalized spacial score (nSPS) is 22.6. The number of carbonyl (C=O) groups excluding carboxylic acids is 2. The summed E-state index contributed by atoms with van der Waals surface area (Å²) in [4.78, 5) is 25.6. The Morgan fingerprint density at radius 1 is 1.39 bits per heavy atom. The number of ether oxygens (including phenoxy) is 1. The molecule has 2 aliphatic rings. The summed E-state index contributed by atoms with van der Waals surface area (Å²) in [6.45, 7) is -1.11. The van der Waals surface area contributed by atoms with Crippen molar-refractivity contribution in [3.8, 4) is 0 Å². The molecule has 0 unspecified atom stereocenters. The first-order chi connectivity index (χ1) is 10.8. The highest BCUT2D eigenvalue weighted by atomic mass is 19.3. The first-order valence-corrected chi connectivity index (χ1v) is 6.93. The number of alkyl halides is 2. The van der Waals surface area contributed by atoms with E-state index >= 15 is 0 Å². The van der Waals surface area contributed by atoms with Crippen molar-refractivity contribution in [3.63, 3.8) is 0 Å². The molecule has 124 valence electrons. The number of benzene rings is 1. The Bertz CT molecular complexity index is 660.